The molecular weight excluding hydrogens is 604 g/mol. The number of benzene rings is 2. The van der Waals surface area contributed by atoms with Crippen LogP contribution in [0.3, 0.4) is 0 Å². The summed E-state index contributed by atoms with van der Waals surface area (Å²) in [7, 11) is 0. The SMILES string of the molecule is Cc1cc(OC(=O)[C@@H]2CC(=O)N(Cc3ccccc3)C2)ccc1N1C(=O)[C@@H]2[C@H]3C[C@@H]([C@@H](Br)[C@H]3Br)[C@H]2C1=O. The molecule has 0 unspecified atom stereocenters. The van der Waals surface area contributed by atoms with E-state index in [0.29, 0.717) is 30.1 Å². The van der Waals surface area contributed by atoms with Gasteiger partial charge in [-0.15, -0.1) is 0 Å². The van der Waals surface area contributed by atoms with E-state index in [1.165, 1.54) is 4.90 Å². The lowest BCUT2D eigenvalue weighted by Gasteiger charge is -2.28. The van der Waals surface area contributed by atoms with Gasteiger partial charge in [-0.05, 0) is 54.5 Å². The summed E-state index contributed by atoms with van der Waals surface area (Å²) >= 11 is 7.44. The monoisotopic (exact) mass is 628 g/mol. The van der Waals surface area contributed by atoms with Crippen LogP contribution in [0.4, 0.5) is 5.69 Å². The first kappa shape index (κ1) is 24.8. The van der Waals surface area contributed by atoms with E-state index in [1.807, 2.05) is 30.3 Å². The number of alkyl halides is 2. The Kier molecular flexibility index (Phi) is 6.26. The number of anilines is 1. The molecular formula is C28H26Br2N2O5. The number of carbonyl (C=O) groups is 4. The third-order valence-corrected chi connectivity index (χ3v) is 11.6. The maximum absolute atomic E-state index is 13.4. The van der Waals surface area contributed by atoms with E-state index in [1.54, 1.807) is 30.0 Å². The molecule has 2 heterocycles. The van der Waals surface area contributed by atoms with Crippen LogP contribution in [-0.4, -0.2) is 44.8 Å². The molecule has 2 saturated carbocycles. The minimum atomic E-state index is -0.540. The smallest absolute Gasteiger partial charge is 0.316 e. The van der Waals surface area contributed by atoms with Crippen LogP contribution in [0.5, 0.6) is 5.75 Å². The van der Waals surface area contributed by atoms with Gasteiger partial charge in [0.1, 0.15) is 5.75 Å². The predicted molar refractivity (Wildman–Crippen MR) is 143 cm³/mol. The van der Waals surface area contributed by atoms with Crippen molar-refractivity contribution >= 4 is 61.2 Å². The highest BCUT2D eigenvalue weighted by atomic mass is 79.9. The summed E-state index contributed by atoms with van der Waals surface area (Å²) in [4.78, 5) is 55.4. The Hall–Kier alpha value is -2.52. The Labute approximate surface area is 231 Å². The summed E-state index contributed by atoms with van der Waals surface area (Å²) in [6.45, 7) is 2.58. The highest BCUT2D eigenvalue weighted by Gasteiger charge is 2.66. The number of amides is 3. The molecule has 2 bridgehead atoms. The zero-order valence-electron chi connectivity index (χ0n) is 20.2. The Morgan fingerprint density at radius 1 is 0.973 bits per heavy atom. The van der Waals surface area contributed by atoms with Crippen molar-refractivity contribution in [2.45, 2.75) is 36.0 Å². The molecule has 2 aliphatic carbocycles. The van der Waals surface area contributed by atoms with E-state index in [4.69, 9.17) is 4.74 Å². The van der Waals surface area contributed by atoms with Gasteiger partial charge in [0.25, 0.3) is 0 Å². The Morgan fingerprint density at radius 2 is 1.62 bits per heavy atom. The number of esters is 1. The second-order valence-corrected chi connectivity index (χ2v) is 12.7. The topological polar surface area (TPSA) is 84.0 Å². The molecule has 9 heteroatoms. The van der Waals surface area contributed by atoms with Crippen molar-refractivity contribution in [2.24, 2.45) is 29.6 Å². The van der Waals surface area contributed by atoms with E-state index >= 15 is 0 Å². The van der Waals surface area contributed by atoms with E-state index in [-0.39, 0.29) is 57.5 Å². The minimum absolute atomic E-state index is 0.0701. The fraction of sp³-hybridized carbons (Fsp3) is 0.429. The zero-order chi connectivity index (χ0) is 26.0. The second kappa shape index (κ2) is 9.34. The average molecular weight is 630 g/mol. The summed E-state index contributed by atoms with van der Waals surface area (Å²) in [5.74, 6) is -1.28. The van der Waals surface area contributed by atoms with Gasteiger partial charge in [-0.25, -0.2) is 4.90 Å². The van der Waals surface area contributed by atoms with Crippen LogP contribution >= 0.6 is 31.9 Å². The Bertz CT molecular complexity index is 1270. The second-order valence-electron chi connectivity index (χ2n) is 10.5. The molecule has 0 N–H and O–H groups in total. The van der Waals surface area contributed by atoms with Crippen LogP contribution in [0, 0.1) is 36.5 Å². The molecule has 4 aliphatic rings. The average Bonchev–Trinajstić information content (AvgIpc) is 3.59. The van der Waals surface area contributed by atoms with Gasteiger partial charge in [0, 0.05) is 29.2 Å². The van der Waals surface area contributed by atoms with Gasteiger partial charge in [-0.3, -0.25) is 19.2 Å². The molecule has 7 nitrogen and oxygen atoms in total. The molecule has 6 rings (SSSR count). The molecule has 192 valence electrons. The number of imide groups is 1. The van der Waals surface area contributed by atoms with Crippen LogP contribution in [0.15, 0.2) is 48.5 Å². The van der Waals surface area contributed by atoms with Gasteiger partial charge in [0.15, 0.2) is 0 Å². The van der Waals surface area contributed by atoms with Crippen molar-refractivity contribution in [3.05, 3.63) is 59.7 Å². The number of halogens is 2. The molecule has 37 heavy (non-hydrogen) atoms. The number of likely N-dealkylation sites (tertiary alicyclic amines) is 1. The Balaban J connectivity index is 1.14. The number of nitrogens with zero attached hydrogens (tertiary/aromatic N) is 2. The normalized spacial score (nSPS) is 32.4. The molecule has 3 amide bonds. The Morgan fingerprint density at radius 3 is 2.24 bits per heavy atom. The number of carbonyl (C=O) groups excluding carboxylic acids is 4. The van der Waals surface area contributed by atoms with Crippen LogP contribution in [0.2, 0.25) is 0 Å². The van der Waals surface area contributed by atoms with E-state index in [2.05, 4.69) is 31.9 Å². The van der Waals surface area contributed by atoms with Crippen LogP contribution in [0.25, 0.3) is 0 Å². The molecule has 2 saturated heterocycles. The largest absolute Gasteiger partial charge is 0.426 e. The van der Waals surface area contributed by atoms with E-state index in [9.17, 15) is 19.2 Å². The lowest BCUT2D eigenvalue weighted by Crippen LogP contribution is -2.37. The lowest BCUT2D eigenvalue weighted by atomic mass is 9.81. The predicted octanol–water partition coefficient (Wildman–Crippen LogP) is 4.23. The fourth-order valence-corrected chi connectivity index (χ4v) is 8.49. The quantitative estimate of drug-likeness (QED) is 0.214. The number of hydrogen-bond donors (Lipinski definition) is 0. The summed E-state index contributed by atoms with van der Waals surface area (Å²) in [5, 5.41) is 0. The maximum atomic E-state index is 13.4. The van der Waals surface area contributed by atoms with Crippen LogP contribution < -0.4 is 9.64 Å². The zero-order valence-corrected chi connectivity index (χ0v) is 23.4. The highest BCUT2D eigenvalue weighted by molar-refractivity contribution is 9.12. The number of rotatable bonds is 5. The van der Waals surface area contributed by atoms with Gasteiger partial charge in [-0.2, -0.15) is 0 Å². The molecule has 2 aliphatic heterocycles. The number of fused-ring (bicyclic) bond motifs is 5. The number of hydrogen-bond acceptors (Lipinski definition) is 5. The van der Waals surface area contributed by atoms with Gasteiger partial charge in [0.2, 0.25) is 17.7 Å². The van der Waals surface area contributed by atoms with Crippen molar-refractivity contribution in [1.82, 2.24) is 4.90 Å². The summed E-state index contributed by atoms with van der Waals surface area (Å²) in [6.07, 6.45) is 1.00. The number of aryl methyl sites for hydroxylation is 1. The molecule has 7 atom stereocenters. The van der Waals surface area contributed by atoms with E-state index < -0.39 is 11.9 Å². The molecule has 4 fully saturated rings. The first-order chi connectivity index (χ1) is 17.7. The van der Waals surface area contributed by atoms with Gasteiger partial charge >= 0.3 is 5.97 Å². The molecule has 0 spiro atoms. The van der Waals surface area contributed by atoms with Crippen molar-refractivity contribution in [2.75, 3.05) is 11.4 Å². The maximum Gasteiger partial charge on any atom is 0.316 e. The lowest BCUT2D eigenvalue weighted by molar-refractivity contribution is -0.139. The van der Waals surface area contributed by atoms with Gasteiger partial charge in [-0.1, -0.05) is 62.2 Å². The highest BCUT2D eigenvalue weighted by Crippen LogP contribution is 2.60. The molecule has 2 aromatic carbocycles. The minimum Gasteiger partial charge on any atom is -0.426 e. The molecule has 2 aromatic rings. The van der Waals surface area contributed by atoms with E-state index in [0.717, 1.165) is 12.0 Å². The molecule has 0 radical (unpaired) electrons. The number of ether oxygens (including phenoxy) is 1. The van der Waals surface area contributed by atoms with Crippen LogP contribution in [0.1, 0.15) is 24.0 Å². The van der Waals surface area contributed by atoms with Crippen molar-refractivity contribution in [1.29, 1.82) is 0 Å². The van der Waals surface area contributed by atoms with Crippen molar-refractivity contribution in [3.8, 4) is 5.75 Å². The van der Waals surface area contributed by atoms with Gasteiger partial charge in [0.05, 0.1) is 23.4 Å². The standard InChI is InChI=1S/C28H26Br2N2O5/c1-14-9-17(37-28(36)16-10-21(33)31(13-16)12-15-5-3-2-4-6-15)7-8-20(14)32-26(34)22-18-11-19(23(22)27(32)35)25(30)24(18)29/h2-9,16,18-19,22-25H,10-13H2,1H3/t16-,18-,19-,22-,23-,24-,25+/m1/s1. The summed E-state index contributed by atoms with van der Waals surface area (Å²) in [6, 6.07) is 14.6. The third kappa shape index (κ3) is 4.05. The van der Waals surface area contributed by atoms with Crippen LogP contribution in [-0.2, 0) is 25.7 Å². The van der Waals surface area contributed by atoms with Gasteiger partial charge < -0.3 is 9.64 Å². The first-order valence-electron chi connectivity index (χ1n) is 12.5. The first-order valence-corrected chi connectivity index (χ1v) is 14.4. The fourth-order valence-electron chi connectivity index (χ4n) is 6.61. The third-order valence-electron chi connectivity index (χ3n) is 8.38. The van der Waals surface area contributed by atoms with Crippen molar-refractivity contribution < 1.29 is 23.9 Å². The summed E-state index contributed by atoms with van der Waals surface area (Å²) < 4.78 is 5.63. The summed E-state index contributed by atoms with van der Waals surface area (Å²) in [5.41, 5.74) is 2.22. The van der Waals surface area contributed by atoms with Crippen molar-refractivity contribution in [3.63, 3.8) is 0 Å². The molecule has 0 aromatic heterocycles.